The molecule has 1 rings (SSSR count). The monoisotopic (exact) mass is 240 g/mol. The number of unbranched alkanes of at least 4 members (excludes halogenated alkanes) is 4. The Morgan fingerprint density at radius 2 is 1.65 bits per heavy atom. The van der Waals surface area contributed by atoms with E-state index < -0.39 is 5.60 Å². The van der Waals surface area contributed by atoms with Crippen LogP contribution in [0.4, 0.5) is 0 Å². The molecular weight excluding hydrogens is 212 g/mol. The highest BCUT2D eigenvalue weighted by Gasteiger charge is 2.49. The summed E-state index contributed by atoms with van der Waals surface area (Å²) >= 11 is 0. The number of hydrogen-bond donors (Lipinski definition) is 1. The maximum Gasteiger partial charge on any atom is 0.167 e. The average Bonchev–Trinajstić information content (AvgIpc) is 3.07. The summed E-state index contributed by atoms with van der Waals surface area (Å²) in [4.78, 5) is 12.1. The van der Waals surface area contributed by atoms with Crippen molar-refractivity contribution in [1.29, 1.82) is 0 Å². The molecule has 0 heterocycles. The fourth-order valence-corrected chi connectivity index (χ4v) is 2.42. The summed E-state index contributed by atoms with van der Waals surface area (Å²) in [6.07, 6.45) is 10.5. The SMILES string of the molecule is CCCCCCC(CCCC)C(=O)C1(O)CC1. The lowest BCUT2D eigenvalue weighted by atomic mass is 9.88. The van der Waals surface area contributed by atoms with Crippen LogP contribution in [0.2, 0.25) is 0 Å². The van der Waals surface area contributed by atoms with E-state index >= 15 is 0 Å². The van der Waals surface area contributed by atoms with Crippen molar-refractivity contribution in [2.75, 3.05) is 0 Å². The molecule has 1 N–H and O–H groups in total. The van der Waals surface area contributed by atoms with Crippen LogP contribution < -0.4 is 0 Å². The van der Waals surface area contributed by atoms with Crippen molar-refractivity contribution in [3.05, 3.63) is 0 Å². The van der Waals surface area contributed by atoms with Gasteiger partial charge < -0.3 is 5.11 Å². The van der Waals surface area contributed by atoms with Crippen LogP contribution in [0, 0.1) is 5.92 Å². The summed E-state index contributed by atoms with van der Waals surface area (Å²) < 4.78 is 0. The molecule has 2 heteroatoms. The van der Waals surface area contributed by atoms with Gasteiger partial charge in [-0.2, -0.15) is 0 Å². The van der Waals surface area contributed by atoms with E-state index in [1.54, 1.807) is 0 Å². The van der Waals surface area contributed by atoms with Gasteiger partial charge in [0.15, 0.2) is 5.78 Å². The molecule has 1 unspecified atom stereocenters. The number of ketones is 1. The van der Waals surface area contributed by atoms with Crippen LogP contribution >= 0.6 is 0 Å². The number of carbonyl (C=O) groups is 1. The Bertz CT molecular complexity index is 231. The molecule has 1 atom stereocenters. The molecule has 0 radical (unpaired) electrons. The van der Waals surface area contributed by atoms with Crippen molar-refractivity contribution in [3.63, 3.8) is 0 Å². The fourth-order valence-electron chi connectivity index (χ4n) is 2.42. The Labute approximate surface area is 106 Å². The summed E-state index contributed by atoms with van der Waals surface area (Å²) in [6.45, 7) is 4.36. The topological polar surface area (TPSA) is 37.3 Å². The van der Waals surface area contributed by atoms with E-state index in [0.717, 1.165) is 32.1 Å². The van der Waals surface area contributed by atoms with Gasteiger partial charge in [0.05, 0.1) is 0 Å². The first-order valence-corrected chi connectivity index (χ1v) is 7.40. The van der Waals surface area contributed by atoms with E-state index in [1.165, 1.54) is 19.3 Å². The quantitative estimate of drug-likeness (QED) is 0.589. The van der Waals surface area contributed by atoms with Gasteiger partial charge >= 0.3 is 0 Å². The third-order valence-electron chi connectivity index (χ3n) is 3.87. The predicted octanol–water partition coefficient (Wildman–Crippen LogP) is 3.86. The van der Waals surface area contributed by atoms with Gasteiger partial charge in [-0.1, -0.05) is 52.4 Å². The van der Waals surface area contributed by atoms with Gasteiger partial charge in [-0.15, -0.1) is 0 Å². The first kappa shape index (κ1) is 14.7. The van der Waals surface area contributed by atoms with Gasteiger partial charge in [0.2, 0.25) is 0 Å². The maximum absolute atomic E-state index is 12.1. The van der Waals surface area contributed by atoms with Crippen molar-refractivity contribution >= 4 is 5.78 Å². The molecule has 0 aromatic rings. The van der Waals surface area contributed by atoms with Gasteiger partial charge in [0.1, 0.15) is 5.60 Å². The Balaban J connectivity index is 2.34. The van der Waals surface area contributed by atoms with Crippen LogP contribution in [-0.4, -0.2) is 16.5 Å². The minimum absolute atomic E-state index is 0.124. The molecule has 0 amide bonds. The van der Waals surface area contributed by atoms with E-state index in [-0.39, 0.29) is 11.7 Å². The summed E-state index contributed by atoms with van der Waals surface area (Å²) in [6, 6.07) is 0. The molecule has 0 spiro atoms. The minimum atomic E-state index is -0.914. The predicted molar refractivity (Wildman–Crippen MR) is 71.0 cm³/mol. The number of carbonyl (C=O) groups excluding carboxylic acids is 1. The standard InChI is InChI=1S/C15H28O2/c1-3-5-7-8-10-13(9-6-4-2)14(16)15(17)11-12-15/h13,17H,3-12H2,1-2H3. The first-order chi connectivity index (χ1) is 8.14. The van der Waals surface area contributed by atoms with E-state index in [2.05, 4.69) is 13.8 Å². The van der Waals surface area contributed by atoms with Crippen LogP contribution in [-0.2, 0) is 4.79 Å². The summed E-state index contributed by atoms with van der Waals surface area (Å²) in [7, 11) is 0. The van der Waals surface area contributed by atoms with E-state index in [9.17, 15) is 9.90 Å². The zero-order valence-electron chi connectivity index (χ0n) is 11.5. The smallest absolute Gasteiger partial charge is 0.167 e. The molecule has 2 nitrogen and oxygen atoms in total. The molecule has 100 valence electrons. The van der Waals surface area contributed by atoms with Gasteiger partial charge in [-0.05, 0) is 25.7 Å². The first-order valence-electron chi connectivity index (χ1n) is 7.40. The highest BCUT2D eigenvalue weighted by molar-refractivity contribution is 5.91. The van der Waals surface area contributed by atoms with Gasteiger partial charge in [0.25, 0.3) is 0 Å². The van der Waals surface area contributed by atoms with Crippen LogP contribution in [0.5, 0.6) is 0 Å². The Hall–Kier alpha value is -0.370. The Morgan fingerprint density at radius 3 is 2.18 bits per heavy atom. The van der Waals surface area contributed by atoms with Crippen molar-refractivity contribution in [1.82, 2.24) is 0 Å². The van der Waals surface area contributed by atoms with E-state index in [1.807, 2.05) is 0 Å². The Kier molecular flexibility index (Phi) is 6.18. The molecule has 0 aromatic carbocycles. The Morgan fingerprint density at radius 1 is 1.06 bits per heavy atom. The molecule has 0 aromatic heterocycles. The van der Waals surface area contributed by atoms with E-state index in [4.69, 9.17) is 0 Å². The molecule has 1 fully saturated rings. The lowest BCUT2D eigenvalue weighted by Gasteiger charge is -2.18. The van der Waals surface area contributed by atoms with Crippen LogP contribution in [0.25, 0.3) is 0 Å². The largest absolute Gasteiger partial charge is 0.382 e. The highest BCUT2D eigenvalue weighted by Crippen LogP contribution is 2.40. The zero-order chi connectivity index (χ0) is 12.7. The second-order valence-electron chi connectivity index (χ2n) is 5.58. The van der Waals surface area contributed by atoms with Gasteiger partial charge in [-0.3, -0.25) is 4.79 Å². The van der Waals surface area contributed by atoms with Crippen molar-refractivity contribution in [3.8, 4) is 0 Å². The summed E-state index contributed by atoms with van der Waals surface area (Å²) in [5.41, 5.74) is -0.914. The normalized spacial score (nSPS) is 19.0. The highest BCUT2D eigenvalue weighted by atomic mass is 16.3. The van der Waals surface area contributed by atoms with Gasteiger partial charge in [-0.25, -0.2) is 0 Å². The summed E-state index contributed by atoms with van der Waals surface area (Å²) in [5, 5.41) is 9.92. The third kappa shape index (κ3) is 4.79. The molecule has 1 saturated carbocycles. The molecule has 0 bridgehead atoms. The lowest BCUT2D eigenvalue weighted by Crippen LogP contribution is -2.29. The molecule has 1 aliphatic carbocycles. The van der Waals surface area contributed by atoms with Crippen molar-refractivity contribution in [2.45, 2.75) is 83.7 Å². The number of hydrogen-bond acceptors (Lipinski definition) is 2. The molecular formula is C15H28O2. The van der Waals surface area contributed by atoms with Crippen molar-refractivity contribution in [2.24, 2.45) is 5.92 Å². The van der Waals surface area contributed by atoms with Gasteiger partial charge in [0, 0.05) is 5.92 Å². The molecule has 1 aliphatic rings. The lowest BCUT2D eigenvalue weighted by molar-refractivity contribution is -0.133. The molecule has 17 heavy (non-hydrogen) atoms. The second kappa shape index (κ2) is 7.15. The van der Waals surface area contributed by atoms with Crippen LogP contribution in [0.15, 0.2) is 0 Å². The fraction of sp³-hybridized carbons (Fsp3) is 0.933. The maximum atomic E-state index is 12.1. The summed E-state index contributed by atoms with van der Waals surface area (Å²) in [5.74, 6) is 0.266. The average molecular weight is 240 g/mol. The second-order valence-corrected chi connectivity index (χ2v) is 5.58. The third-order valence-corrected chi connectivity index (χ3v) is 3.87. The zero-order valence-corrected chi connectivity index (χ0v) is 11.5. The number of rotatable bonds is 10. The number of aliphatic hydroxyl groups is 1. The van der Waals surface area contributed by atoms with Crippen LogP contribution in [0.1, 0.15) is 78.1 Å². The van der Waals surface area contributed by atoms with Crippen LogP contribution in [0.3, 0.4) is 0 Å². The molecule has 0 saturated heterocycles. The molecule has 0 aliphatic heterocycles. The van der Waals surface area contributed by atoms with E-state index in [0.29, 0.717) is 12.8 Å². The number of Topliss-reactive ketones (excluding diaryl/α,β-unsaturated/α-hetero) is 1. The van der Waals surface area contributed by atoms with Crippen molar-refractivity contribution < 1.29 is 9.90 Å². The minimum Gasteiger partial charge on any atom is -0.382 e.